The second-order valence-corrected chi connectivity index (χ2v) is 6.25. The zero-order chi connectivity index (χ0) is 13.9. The summed E-state index contributed by atoms with van der Waals surface area (Å²) in [5.74, 6) is -0.846. The average Bonchev–Trinajstić information content (AvgIpc) is 2.53. The number of esters is 1. The second-order valence-electron chi connectivity index (χ2n) is 5.00. The molecule has 0 fully saturated rings. The fourth-order valence-corrected chi connectivity index (χ4v) is 2.09. The molecule has 0 radical (unpaired) electrons. The Bertz CT molecular complexity index is 441. The Morgan fingerprint density at radius 3 is 2.50 bits per heavy atom. The van der Waals surface area contributed by atoms with Gasteiger partial charge in [0.25, 0.3) is 5.91 Å². The molecular formula is C12H18N2O3S. The van der Waals surface area contributed by atoms with Gasteiger partial charge in [0.2, 0.25) is 0 Å². The maximum absolute atomic E-state index is 11.6. The first kappa shape index (κ1) is 14.5. The Balaban J connectivity index is 2.49. The number of thiophene rings is 1. The van der Waals surface area contributed by atoms with Gasteiger partial charge in [0.15, 0.2) is 6.61 Å². The van der Waals surface area contributed by atoms with Crippen molar-refractivity contribution >= 4 is 28.9 Å². The maximum Gasteiger partial charge on any atom is 0.348 e. The lowest BCUT2D eigenvalue weighted by molar-refractivity contribution is -0.125. The number of hydrogen-bond donors (Lipinski definition) is 2. The maximum atomic E-state index is 11.6. The first-order valence-corrected chi connectivity index (χ1v) is 6.35. The molecule has 6 heteroatoms. The molecule has 0 aliphatic carbocycles. The number of nitrogen functional groups attached to an aromatic ring is 1. The number of aryl methyl sites for hydroxylation is 1. The van der Waals surface area contributed by atoms with Crippen molar-refractivity contribution in [3.05, 3.63) is 15.8 Å². The first-order chi connectivity index (χ1) is 8.19. The molecule has 0 saturated heterocycles. The van der Waals surface area contributed by atoms with Crippen molar-refractivity contribution in [2.24, 2.45) is 0 Å². The minimum absolute atomic E-state index is 0.285. The highest BCUT2D eigenvalue weighted by molar-refractivity contribution is 7.14. The summed E-state index contributed by atoms with van der Waals surface area (Å²) < 4.78 is 4.91. The van der Waals surface area contributed by atoms with Crippen molar-refractivity contribution in [3.8, 4) is 0 Å². The Morgan fingerprint density at radius 2 is 2.06 bits per heavy atom. The largest absolute Gasteiger partial charge is 0.451 e. The van der Waals surface area contributed by atoms with Crippen molar-refractivity contribution in [1.82, 2.24) is 5.32 Å². The molecule has 0 aliphatic rings. The molecule has 0 aliphatic heterocycles. The van der Waals surface area contributed by atoms with Crippen LogP contribution in [-0.2, 0) is 9.53 Å². The van der Waals surface area contributed by atoms with Crippen LogP contribution in [0.3, 0.4) is 0 Å². The summed E-state index contributed by atoms with van der Waals surface area (Å²) >= 11 is 1.26. The molecule has 0 unspecified atom stereocenters. The van der Waals surface area contributed by atoms with Crippen molar-refractivity contribution in [1.29, 1.82) is 0 Å². The Labute approximate surface area is 110 Å². The van der Waals surface area contributed by atoms with Crippen LogP contribution in [0.25, 0.3) is 0 Å². The SMILES string of the molecule is Cc1sc(C(=O)OCC(=O)NC(C)(C)C)cc1N. The van der Waals surface area contributed by atoms with Gasteiger partial charge in [0.1, 0.15) is 4.88 Å². The minimum atomic E-state index is -0.524. The van der Waals surface area contributed by atoms with E-state index in [9.17, 15) is 9.59 Å². The quantitative estimate of drug-likeness (QED) is 0.819. The predicted octanol–water partition coefficient (Wildman–Crippen LogP) is 1.71. The van der Waals surface area contributed by atoms with E-state index in [4.69, 9.17) is 10.5 Å². The van der Waals surface area contributed by atoms with E-state index in [1.807, 2.05) is 27.7 Å². The Morgan fingerprint density at radius 1 is 1.44 bits per heavy atom. The number of rotatable bonds is 3. The van der Waals surface area contributed by atoms with Crippen LogP contribution in [0, 0.1) is 6.92 Å². The molecule has 3 N–H and O–H groups in total. The van der Waals surface area contributed by atoms with E-state index in [1.54, 1.807) is 6.07 Å². The number of carbonyl (C=O) groups excluding carboxylic acids is 2. The Kier molecular flexibility index (Phi) is 4.34. The van der Waals surface area contributed by atoms with Crippen LogP contribution in [-0.4, -0.2) is 24.0 Å². The molecular weight excluding hydrogens is 252 g/mol. The molecule has 1 aromatic rings. The van der Waals surface area contributed by atoms with Crippen LogP contribution in [0.5, 0.6) is 0 Å². The predicted molar refractivity (Wildman–Crippen MR) is 71.6 cm³/mol. The molecule has 0 atom stereocenters. The van der Waals surface area contributed by atoms with Crippen LogP contribution in [0.2, 0.25) is 0 Å². The van der Waals surface area contributed by atoms with Gasteiger partial charge < -0.3 is 15.8 Å². The molecule has 0 spiro atoms. The fraction of sp³-hybridized carbons (Fsp3) is 0.500. The molecule has 1 heterocycles. The van der Waals surface area contributed by atoms with Crippen LogP contribution >= 0.6 is 11.3 Å². The number of carbonyl (C=O) groups is 2. The number of amides is 1. The molecule has 0 saturated carbocycles. The highest BCUT2D eigenvalue weighted by atomic mass is 32.1. The standard InChI is InChI=1S/C12H18N2O3S/c1-7-8(13)5-9(18-7)11(16)17-6-10(15)14-12(2,3)4/h5H,6,13H2,1-4H3,(H,14,15). The van der Waals surface area contributed by atoms with Crippen LogP contribution in [0.4, 0.5) is 5.69 Å². The molecule has 5 nitrogen and oxygen atoms in total. The highest BCUT2D eigenvalue weighted by Crippen LogP contribution is 2.23. The van der Waals surface area contributed by atoms with Gasteiger partial charge in [-0.25, -0.2) is 4.79 Å². The fourth-order valence-electron chi connectivity index (χ4n) is 1.25. The summed E-state index contributed by atoms with van der Waals surface area (Å²) in [5.41, 5.74) is 5.86. The average molecular weight is 270 g/mol. The van der Waals surface area contributed by atoms with E-state index in [2.05, 4.69) is 5.32 Å². The third-order valence-electron chi connectivity index (χ3n) is 2.01. The van der Waals surface area contributed by atoms with Gasteiger partial charge in [0.05, 0.1) is 0 Å². The van der Waals surface area contributed by atoms with Gasteiger partial charge in [0, 0.05) is 16.1 Å². The highest BCUT2D eigenvalue weighted by Gasteiger charge is 2.17. The summed E-state index contributed by atoms with van der Waals surface area (Å²) in [6.45, 7) is 7.11. The zero-order valence-corrected chi connectivity index (χ0v) is 11.8. The van der Waals surface area contributed by atoms with Gasteiger partial charge in [-0.3, -0.25) is 4.79 Å². The summed E-state index contributed by atoms with van der Waals surface area (Å²) in [6, 6.07) is 1.56. The van der Waals surface area contributed by atoms with Crippen LogP contribution < -0.4 is 11.1 Å². The molecule has 1 rings (SSSR count). The first-order valence-electron chi connectivity index (χ1n) is 5.53. The van der Waals surface area contributed by atoms with Gasteiger partial charge in [-0.2, -0.15) is 0 Å². The smallest absolute Gasteiger partial charge is 0.348 e. The van der Waals surface area contributed by atoms with Gasteiger partial charge >= 0.3 is 5.97 Å². The monoisotopic (exact) mass is 270 g/mol. The third-order valence-corrected chi connectivity index (χ3v) is 3.05. The van der Waals surface area contributed by atoms with Crippen LogP contribution in [0.15, 0.2) is 6.07 Å². The molecule has 18 heavy (non-hydrogen) atoms. The number of anilines is 1. The second kappa shape index (κ2) is 5.39. The molecule has 100 valence electrons. The lowest BCUT2D eigenvalue weighted by Crippen LogP contribution is -2.42. The van der Waals surface area contributed by atoms with Crippen molar-refractivity contribution in [3.63, 3.8) is 0 Å². The summed E-state index contributed by atoms with van der Waals surface area (Å²) in [6.07, 6.45) is 0. The lowest BCUT2D eigenvalue weighted by Gasteiger charge is -2.20. The van der Waals surface area contributed by atoms with Crippen molar-refractivity contribution in [2.45, 2.75) is 33.2 Å². The van der Waals surface area contributed by atoms with Crippen molar-refractivity contribution < 1.29 is 14.3 Å². The minimum Gasteiger partial charge on any atom is -0.451 e. The number of nitrogens with one attached hydrogen (secondary N) is 1. The van der Waals surface area contributed by atoms with Gasteiger partial charge in [-0.05, 0) is 33.8 Å². The number of nitrogens with two attached hydrogens (primary N) is 1. The normalized spacial score (nSPS) is 11.1. The van der Waals surface area contributed by atoms with Crippen LogP contribution in [0.1, 0.15) is 35.3 Å². The summed E-state index contributed by atoms with van der Waals surface area (Å²) in [5, 5.41) is 2.71. The number of ether oxygens (including phenoxy) is 1. The summed E-state index contributed by atoms with van der Waals surface area (Å²) in [7, 11) is 0. The molecule has 1 amide bonds. The summed E-state index contributed by atoms with van der Waals surface area (Å²) in [4.78, 5) is 24.4. The lowest BCUT2D eigenvalue weighted by atomic mass is 10.1. The van der Waals surface area contributed by atoms with E-state index in [0.29, 0.717) is 10.6 Å². The number of hydrogen-bond acceptors (Lipinski definition) is 5. The van der Waals surface area contributed by atoms with Crippen molar-refractivity contribution in [2.75, 3.05) is 12.3 Å². The van der Waals surface area contributed by atoms with E-state index >= 15 is 0 Å². The Hall–Kier alpha value is -1.56. The third kappa shape index (κ3) is 4.37. The van der Waals surface area contributed by atoms with E-state index in [0.717, 1.165) is 4.88 Å². The molecule has 0 aromatic carbocycles. The van der Waals surface area contributed by atoms with E-state index < -0.39 is 5.97 Å². The van der Waals surface area contributed by atoms with E-state index in [1.165, 1.54) is 11.3 Å². The zero-order valence-electron chi connectivity index (χ0n) is 11.0. The van der Waals surface area contributed by atoms with E-state index in [-0.39, 0.29) is 18.1 Å². The molecule has 1 aromatic heterocycles. The molecule has 0 bridgehead atoms. The van der Waals surface area contributed by atoms with Gasteiger partial charge in [-0.15, -0.1) is 11.3 Å². The topological polar surface area (TPSA) is 81.4 Å². The van der Waals surface area contributed by atoms with Gasteiger partial charge in [-0.1, -0.05) is 0 Å².